The largest absolute Gasteiger partial charge is 0.480 e. The molecule has 0 heterocycles. The van der Waals surface area contributed by atoms with Gasteiger partial charge in [-0.3, -0.25) is 9.59 Å². The molecular formula is C15H24N2O3. The number of nitrogens with two attached hydrogens (primary N) is 1. The topological polar surface area (TPSA) is 92.4 Å². The molecule has 1 unspecified atom stereocenters. The van der Waals surface area contributed by atoms with Gasteiger partial charge in [0.25, 0.3) is 0 Å². The van der Waals surface area contributed by atoms with Crippen LogP contribution in [0.3, 0.4) is 0 Å². The average Bonchev–Trinajstić information content (AvgIpc) is 2.42. The number of carboxylic acid groups (broad SMARTS) is 1. The molecule has 0 saturated carbocycles. The summed E-state index contributed by atoms with van der Waals surface area (Å²) in [6.45, 7) is 7.63. The van der Waals surface area contributed by atoms with E-state index in [0.717, 1.165) is 5.56 Å². The van der Waals surface area contributed by atoms with Gasteiger partial charge in [-0.1, -0.05) is 39.8 Å². The molecule has 5 heteroatoms. The molecule has 1 amide bonds. The van der Waals surface area contributed by atoms with Gasteiger partial charge in [-0.25, -0.2) is 0 Å². The van der Waals surface area contributed by atoms with Crippen molar-refractivity contribution in [1.82, 2.24) is 0 Å². The van der Waals surface area contributed by atoms with Crippen LogP contribution in [0.25, 0.3) is 0 Å². The molecule has 0 spiro atoms. The summed E-state index contributed by atoms with van der Waals surface area (Å²) in [5.74, 6) is -1.15. The Balaban J connectivity index is 0.00000172. The van der Waals surface area contributed by atoms with Gasteiger partial charge in [-0.2, -0.15) is 0 Å². The fraction of sp³-hybridized carbons (Fsp3) is 0.467. The molecule has 0 fully saturated rings. The Kier molecular flexibility index (Phi) is 8.24. The van der Waals surface area contributed by atoms with Crippen LogP contribution in [-0.4, -0.2) is 23.0 Å². The highest BCUT2D eigenvalue weighted by molar-refractivity contribution is 5.92. The summed E-state index contributed by atoms with van der Waals surface area (Å²) in [5, 5.41) is 11.5. The third kappa shape index (κ3) is 6.33. The third-order valence-electron chi connectivity index (χ3n) is 2.52. The minimum absolute atomic E-state index is 0.0509. The van der Waals surface area contributed by atoms with Crippen molar-refractivity contribution in [3.8, 4) is 0 Å². The Hall–Kier alpha value is -1.88. The van der Waals surface area contributed by atoms with Crippen molar-refractivity contribution >= 4 is 17.6 Å². The molecule has 1 rings (SSSR count). The van der Waals surface area contributed by atoms with Crippen molar-refractivity contribution in [3.63, 3.8) is 0 Å². The molecule has 0 aliphatic rings. The summed E-state index contributed by atoms with van der Waals surface area (Å²) in [6.07, 6.45) is 0.272. The van der Waals surface area contributed by atoms with Gasteiger partial charge in [-0.05, 0) is 24.1 Å². The first kappa shape index (κ1) is 18.1. The SMILES string of the molecule is CC.CC(C)C(=O)Nc1ccc(CC(N)C(=O)O)cc1. The number of rotatable bonds is 5. The van der Waals surface area contributed by atoms with E-state index in [9.17, 15) is 9.59 Å². The lowest BCUT2D eigenvalue weighted by atomic mass is 10.1. The minimum Gasteiger partial charge on any atom is -0.480 e. The predicted molar refractivity (Wildman–Crippen MR) is 80.6 cm³/mol. The summed E-state index contributed by atoms with van der Waals surface area (Å²) in [7, 11) is 0. The maximum absolute atomic E-state index is 11.5. The van der Waals surface area contributed by atoms with Gasteiger partial charge in [0.1, 0.15) is 6.04 Å². The van der Waals surface area contributed by atoms with Crippen LogP contribution in [0.2, 0.25) is 0 Å². The molecule has 0 aliphatic carbocycles. The lowest BCUT2D eigenvalue weighted by molar-refractivity contribution is -0.138. The zero-order valence-electron chi connectivity index (χ0n) is 12.5. The molecule has 5 nitrogen and oxygen atoms in total. The molecule has 4 N–H and O–H groups in total. The average molecular weight is 280 g/mol. The predicted octanol–water partition coefficient (Wildman–Crippen LogP) is 2.26. The molecule has 1 atom stereocenters. The lowest BCUT2D eigenvalue weighted by Crippen LogP contribution is -2.32. The van der Waals surface area contributed by atoms with E-state index in [1.807, 2.05) is 27.7 Å². The highest BCUT2D eigenvalue weighted by atomic mass is 16.4. The maximum Gasteiger partial charge on any atom is 0.320 e. The monoisotopic (exact) mass is 280 g/mol. The number of carboxylic acids is 1. The van der Waals surface area contributed by atoms with Crippen LogP contribution < -0.4 is 11.1 Å². The van der Waals surface area contributed by atoms with Crippen LogP contribution in [0.4, 0.5) is 5.69 Å². The molecule has 0 saturated heterocycles. The fourth-order valence-electron chi connectivity index (χ4n) is 1.35. The molecule has 0 aliphatic heterocycles. The van der Waals surface area contributed by atoms with Crippen molar-refractivity contribution in [2.45, 2.75) is 40.2 Å². The number of anilines is 1. The van der Waals surface area contributed by atoms with Crippen LogP contribution in [-0.2, 0) is 16.0 Å². The van der Waals surface area contributed by atoms with E-state index in [0.29, 0.717) is 5.69 Å². The van der Waals surface area contributed by atoms with Gasteiger partial charge in [0.15, 0.2) is 0 Å². The van der Waals surface area contributed by atoms with Crippen LogP contribution >= 0.6 is 0 Å². The van der Waals surface area contributed by atoms with Crippen molar-refractivity contribution in [2.24, 2.45) is 11.7 Å². The van der Waals surface area contributed by atoms with Gasteiger partial charge in [0.2, 0.25) is 5.91 Å². The summed E-state index contributed by atoms with van der Waals surface area (Å²) < 4.78 is 0. The molecule has 112 valence electrons. The summed E-state index contributed by atoms with van der Waals surface area (Å²) in [5.41, 5.74) is 6.96. The van der Waals surface area contributed by atoms with E-state index >= 15 is 0 Å². The number of aliphatic carboxylic acids is 1. The first-order valence-corrected chi connectivity index (χ1v) is 6.78. The second-order valence-electron chi connectivity index (χ2n) is 4.49. The van der Waals surface area contributed by atoms with E-state index < -0.39 is 12.0 Å². The molecule has 1 aromatic carbocycles. The van der Waals surface area contributed by atoms with Gasteiger partial charge in [-0.15, -0.1) is 0 Å². The van der Waals surface area contributed by atoms with E-state index in [4.69, 9.17) is 10.8 Å². The summed E-state index contributed by atoms with van der Waals surface area (Å²) in [4.78, 5) is 22.1. The molecular weight excluding hydrogens is 256 g/mol. The Labute approximate surface area is 120 Å². The van der Waals surface area contributed by atoms with Gasteiger partial charge >= 0.3 is 5.97 Å². The molecule has 20 heavy (non-hydrogen) atoms. The quantitative estimate of drug-likeness (QED) is 0.771. The summed E-state index contributed by atoms with van der Waals surface area (Å²) >= 11 is 0. The maximum atomic E-state index is 11.5. The number of hydrogen-bond donors (Lipinski definition) is 3. The Morgan fingerprint density at radius 1 is 1.20 bits per heavy atom. The highest BCUT2D eigenvalue weighted by Gasteiger charge is 2.12. The Morgan fingerprint density at radius 2 is 1.70 bits per heavy atom. The molecule has 0 aromatic heterocycles. The van der Waals surface area contributed by atoms with E-state index in [1.54, 1.807) is 24.3 Å². The molecule has 0 radical (unpaired) electrons. The number of benzene rings is 1. The summed E-state index contributed by atoms with van der Waals surface area (Å²) in [6, 6.07) is 6.10. The zero-order valence-corrected chi connectivity index (χ0v) is 12.5. The second kappa shape index (κ2) is 9.09. The Bertz CT molecular complexity index is 427. The first-order valence-electron chi connectivity index (χ1n) is 6.78. The standard InChI is InChI=1S/C13H18N2O3.C2H6/c1-8(2)12(16)15-10-5-3-9(4-6-10)7-11(14)13(17)18;1-2/h3-6,8,11H,7,14H2,1-2H3,(H,15,16)(H,17,18);1-2H3. The first-order chi connectivity index (χ1) is 9.40. The highest BCUT2D eigenvalue weighted by Crippen LogP contribution is 2.12. The number of carbonyl (C=O) groups excluding carboxylic acids is 1. The van der Waals surface area contributed by atoms with Gasteiger partial charge in [0, 0.05) is 11.6 Å². The van der Waals surface area contributed by atoms with Gasteiger partial charge < -0.3 is 16.2 Å². The zero-order chi connectivity index (χ0) is 15.7. The number of nitrogens with one attached hydrogen (secondary N) is 1. The van der Waals surface area contributed by atoms with E-state index in [-0.39, 0.29) is 18.2 Å². The third-order valence-corrected chi connectivity index (χ3v) is 2.52. The molecule has 1 aromatic rings. The number of amides is 1. The molecule has 0 bridgehead atoms. The van der Waals surface area contributed by atoms with Gasteiger partial charge in [0.05, 0.1) is 0 Å². The van der Waals surface area contributed by atoms with Crippen molar-refractivity contribution in [2.75, 3.05) is 5.32 Å². The van der Waals surface area contributed by atoms with Crippen molar-refractivity contribution in [3.05, 3.63) is 29.8 Å². The lowest BCUT2D eigenvalue weighted by Gasteiger charge is -2.09. The van der Waals surface area contributed by atoms with Crippen molar-refractivity contribution in [1.29, 1.82) is 0 Å². The number of carbonyl (C=O) groups is 2. The van der Waals surface area contributed by atoms with E-state index in [1.165, 1.54) is 0 Å². The number of hydrogen-bond acceptors (Lipinski definition) is 3. The van der Waals surface area contributed by atoms with E-state index in [2.05, 4.69) is 5.32 Å². The minimum atomic E-state index is -1.02. The van der Waals surface area contributed by atoms with Crippen LogP contribution in [0.1, 0.15) is 33.3 Å². The normalized spacial score (nSPS) is 11.3. The van der Waals surface area contributed by atoms with Crippen LogP contribution in [0.5, 0.6) is 0 Å². The fourth-order valence-corrected chi connectivity index (χ4v) is 1.35. The van der Waals surface area contributed by atoms with Crippen molar-refractivity contribution < 1.29 is 14.7 Å². The Morgan fingerprint density at radius 3 is 2.10 bits per heavy atom. The second-order valence-corrected chi connectivity index (χ2v) is 4.49. The van der Waals surface area contributed by atoms with Crippen LogP contribution in [0.15, 0.2) is 24.3 Å². The smallest absolute Gasteiger partial charge is 0.320 e. The van der Waals surface area contributed by atoms with Crippen LogP contribution in [0, 0.1) is 5.92 Å².